The molecule has 3 N–H and O–H groups in total. The molecule has 2 aromatic carbocycles. The van der Waals surface area contributed by atoms with Crippen molar-refractivity contribution in [2.24, 2.45) is 0 Å². The number of rotatable bonds is 3. The summed E-state index contributed by atoms with van der Waals surface area (Å²) in [5.41, 5.74) is 9.93. The zero-order valence-corrected chi connectivity index (χ0v) is 13.2. The number of allylic oxidation sites excluding steroid dienone is 2. The van der Waals surface area contributed by atoms with Crippen LogP contribution >= 0.6 is 9.24 Å². The van der Waals surface area contributed by atoms with Gasteiger partial charge in [-0.25, -0.2) is 4.39 Å². The quantitative estimate of drug-likeness (QED) is 0.512. The molecular formula is C18H17FNOP. The van der Waals surface area contributed by atoms with Crippen molar-refractivity contribution >= 4 is 25.8 Å². The summed E-state index contributed by atoms with van der Waals surface area (Å²) in [6.07, 6.45) is 3.59. The maximum atomic E-state index is 13.6. The topological polar surface area (TPSA) is 46.2 Å². The van der Waals surface area contributed by atoms with E-state index in [1.165, 1.54) is 6.07 Å². The minimum Gasteiger partial charge on any atom is -0.508 e. The van der Waals surface area contributed by atoms with Crippen molar-refractivity contribution in [3.05, 3.63) is 76.8 Å². The zero-order valence-electron chi connectivity index (χ0n) is 12.0. The van der Waals surface area contributed by atoms with Crippen molar-refractivity contribution in [2.45, 2.75) is 12.8 Å². The van der Waals surface area contributed by atoms with Gasteiger partial charge in [-0.15, -0.1) is 9.24 Å². The molecule has 3 rings (SSSR count). The van der Waals surface area contributed by atoms with Gasteiger partial charge < -0.3 is 10.8 Å². The first-order valence-corrected chi connectivity index (χ1v) is 7.67. The van der Waals surface area contributed by atoms with Crippen molar-refractivity contribution in [3.8, 4) is 0 Å². The van der Waals surface area contributed by atoms with Gasteiger partial charge >= 0.3 is 0 Å². The normalized spacial score (nSPS) is 14.1. The van der Waals surface area contributed by atoms with E-state index in [0.29, 0.717) is 16.6 Å². The molecular weight excluding hydrogens is 296 g/mol. The Morgan fingerprint density at radius 3 is 2.45 bits per heavy atom. The smallest absolute Gasteiger partial charge is 0.132 e. The molecule has 0 saturated heterocycles. The second-order valence-corrected chi connectivity index (χ2v) is 5.91. The van der Waals surface area contributed by atoms with Crippen LogP contribution in [-0.4, -0.2) is 5.11 Å². The molecule has 0 aliphatic heterocycles. The summed E-state index contributed by atoms with van der Waals surface area (Å²) in [6, 6.07) is 12.7. The summed E-state index contributed by atoms with van der Waals surface area (Å²) in [4.78, 5) is 0. The summed E-state index contributed by atoms with van der Waals surface area (Å²) in [5.74, 6) is -0.0729. The van der Waals surface area contributed by atoms with Crippen LogP contribution < -0.4 is 11.0 Å². The fourth-order valence-electron chi connectivity index (χ4n) is 2.34. The Hall–Kier alpha value is -2.12. The SMILES string of the molecule is Nc1c(/C(=C/C(O)=C2CC2)c2ccccc2)ccc(F)c1P. The van der Waals surface area contributed by atoms with Crippen LogP contribution in [0.15, 0.2) is 59.9 Å². The number of nitrogen functional groups attached to an aromatic ring is 1. The molecule has 1 aliphatic carbocycles. The van der Waals surface area contributed by atoms with Gasteiger partial charge in [-0.05, 0) is 47.8 Å². The van der Waals surface area contributed by atoms with Crippen molar-refractivity contribution in [3.63, 3.8) is 0 Å². The van der Waals surface area contributed by atoms with Gasteiger partial charge in [0.05, 0.1) is 0 Å². The number of halogens is 1. The minimum absolute atomic E-state index is 0.285. The average molecular weight is 313 g/mol. The van der Waals surface area contributed by atoms with E-state index in [1.807, 2.05) is 30.3 Å². The summed E-state index contributed by atoms with van der Waals surface area (Å²) in [5, 5.41) is 10.5. The molecule has 0 bridgehead atoms. The van der Waals surface area contributed by atoms with Crippen LogP contribution in [0.4, 0.5) is 10.1 Å². The highest BCUT2D eigenvalue weighted by Crippen LogP contribution is 2.34. The Morgan fingerprint density at radius 2 is 1.82 bits per heavy atom. The van der Waals surface area contributed by atoms with Crippen molar-refractivity contribution in [1.82, 2.24) is 0 Å². The largest absolute Gasteiger partial charge is 0.508 e. The molecule has 1 fully saturated rings. The minimum atomic E-state index is -0.358. The molecule has 0 spiro atoms. The molecule has 0 aromatic heterocycles. The third-order valence-corrected chi connectivity index (χ3v) is 4.34. The molecule has 4 heteroatoms. The molecule has 2 nitrogen and oxygen atoms in total. The highest BCUT2D eigenvalue weighted by atomic mass is 31.0. The van der Waals surface area contributed by atoms with Crippen LogP contribution in [-0.2, 0) is 0 Å². The van der Waals surface area contributed by atoms with Crippen LogP contribution in [0, 0.1) is 5.82 Å². The van der Waals surface area contributed by atoms with Crippen LogP contribution in [0.3, 0.4) is 0 Å². The molecule has 0 heterocycles. The Kier molecular flexibility index (Phi) is 4.00. The summed E-state index contributed by atoms with van der Waals surface area (Å²) in [7, 11) is 2.34. The van der Waals surface area contributed by atoms with Crippen molar-refractivity contribution < 1.29 is 9.50 Å². The van der Waals surface area contributed by atoms with Gasteiger partial charge in [0.15, 0.2) is 0 Å². The number of aliphatic hydroxyl groups excluding tert-OH is 1. The first kappa shape index (κ1) is 14.8. The molecule has 1 aliphatic rings. The van der Waals surface area contributed by atoms with Gasteiger partial charge in [0, 0.05) is 16.6 Å². The highest BCUT2D eigenvalue weighted by molar-refractivity contribution is 7.28. The first-order chi connectivity index (χ1) is 10.6. The molecule has 1 unspecified atom stereocenters. The Morgan fingerprint density at radius 1 is 1.14 bits per heavy atom. The maximum absolute atomic E-state index is 13.6. The van der Waals surface area contributed by atoms with E-state index in [1.54, 1.807) is 12.1 Å². The number of aliphatic hydroxyl groups is 1. The first-order valence-electron chi connectivity index (χ1n) is 7.10. The lowest BCUT2D eigenvalue weighted by molar-refractivity contribution is 0.430. The number of benzene rings is 2. The third kappa shape index (κ3) is 2.90. The van der Waals surface area contributed by atoms with E-state index in [4.69, 9.17) is 5.73 Å². The van der Waals surface area contributed by atoms with Gasteiger partial charge in [-0.3, -0.25) is 0 Å². The fraction of sp³-hybridized carbons (Fsp3) is 0.111. The number of anilines is 1. The van der Waals surface area contributed by atoms with Gasteiger partial charge in [-0.1, -0.05) is 30.3 Å². The molecule has 0 radical (unpaired) electrons. The third-order valence-electron chi connectivity index (χ3n) is 3.75. The van der Waals surface area contributed by atoms with E-state index in [9.17, 15) is 9.50 Å². The van der Waals surface area contributed by atoms with Crippen LogP contribution in [0.2, 0.25) is 0 Å². The lowest BCUT2D eigenvalue weighted by Crippen LogP contribution is -2.10. The Balaban J connectivity index is 2.19. The van der Waals surface area contributed by atoms with Crippen LogP contribution in [0.25, 0.3) is 5.57 Å². The van der Waals surface area contributed by atoms with E-state index >= 15 is 0 Å². The number of nitrogens with two attached hydrogens (primary N) is 1. The summed E-state index contributed by atoms with van der Waals surface area (Å²) in [6.45, 7) is 0. The molecule has 1 atom stereocenters. The number of hydrogen-bond donors (Lipinski definition) is 2. The average Bonchev–Trinajstić information content (AvgIpc) is 3.37. The molecule has 22 heavy (non-hydrogen) atoms. The maximum Gasteiger partial charge on any atom is 0.132 e. The summed E-state index contributed by atoms with van der Waals surface area (Å²) < 4.78 is 13.6. The molecule has 0 amide bonds. The second-order valence-electron chi connectivity index (χ2n) is 5.34. The van der Waals surface area contributed by atoms with Gasteiger partial charge in [0.25, 0.3) is 0 Å². The van der Waals surface area contributed by atoms with Crippen LogP contribution in [0.5, 0.6) is 0 Å². The van der Waals surface area contributed by atoms with E-state index in [2.05, 4.69) is 9.24 Å². The lowest BCUT2D eigenvalue weighted by Gasteiger charge is -2.13. The molecule has 2 aromatic rings. The van der Waals surface area contributed by atoms with E-state index in [-0.39, 0.29) is 11.6 Å². The predicted octanol–water partition coefficient (Wildman–Crippen LogP) is 3.95. The van der Waals surface area contributed by atoms with E-state index < -0.39 is 0 Å². The Bertz CT molecular complexity index is 775. The monoisotopic (exact) mass is 313 g/mol. The predicted molar refractivity (Wildman–Crippen MR) is 92.6 cm³/mol. The summed E-state index contributed by atoms with van der Waals surface area (Å²) >= 11 is 0. The lowest BCUT2D eigenvalue weighted by atomic mass is 9.95. The highest BCUT2D eigenvalue weighted by Gasteiger charge is 2.18. The second kappa shape index (κ2) is 5.94. The van der Waals surface area contributed by atoms with Gasteiger partial charge in [-0.2, -0.15) is 0 Å². The zero-order chi connectivity index (χ0) is 15.7. The van der Waals surface area contributed by atoms with E-state index in [0.717, 1.165) is 29.6 Å². The molecule has 112 valence electrons. The van der Waals surface area contributed by atoms with Crippen LogP contribution in [0.1, 0.15) is 24.0 Å². The van der Waals surface area contributed by atoms with Gasteiger partial charge in [0.2, 0.25) is 0 Å². The van der Waals surface area contributed by atoms with Crippen molar-refractivity contribution in [1.29, 1.82) is 0 Å². The van der Waals surface area contributed by atoms with Gasteiger partial charge in [0.1, 0.15) is 11.6 Å². The fourth-order valence-corrected chi connectivity index (χ4v) is 2.59. The van der Waals surface area contributed by atoms with Crippen molar-refractivity contribution in [2.75, 3.05) is 5.73 Å². The Labute approximate surface area is 131 Å². The molecule has 1 saturated carbocycles. The standard InChI is InChI=1S/C18H17FNOP/c19-15-9-8-13(17(20)18(15)22)14(10-16(21)12-6-7-12)11-4-2-1-3-5-11/h1-5,8-10,21H,6-7,20,22H2/b14-10+. The number of hydrogen-bond acceptors (Lipinski definition) is 2.